The average molecular weight is 248 g/mol. The van der Waals surface area contributed by atoms with E-state index < -0.39 is 7.82 Å². The van der Waals surface area contributed by atoms with Crippen molar-refractivity contribution in [2.24, 2.45) is 0 Å². The average Bonchev–Trinajstić information content (AvgIpc) is 1.79. The van der Waals surface area contributed by atoms with Crippen LogP contribution >= 0.6 is 29.4 Å². The van der Waals surface area contributed by atoms with E-state index in [0.717, 1.165) is 10.5 Å². The smallest absolute Gasteiger partial charge is 0.303 e. The zero-order valence-electron chi connectivity index (χ0n) is 8.17. The van der Waals surface area contributed by atoms with Gasteiger partial charge in [0, 0.05) is 10.5 Å². The van der Waals surface area contributed by atoms with Gasteiger partial charge in [0.25, 0.3) is 0 Å². The lowest BCUT2D eigenvalue weighted by Crippen LogP contribution is -1.86. The summed E-state index contributed by atoms with van der Waals surface area (Å²) in [7, 11) is -0.727. The molecule has 4 nitrogen and oxygen atoms in total. The maximum absolute atomic E-state index is 8.88. The predicted octanol–water partition coefficient (Wildman–Crippen LogP) is 2.26. The minimum absolute atomic E-state index is 0.766. The van der Waals surface area contributed by atoms with Crippen LogP contribution in [0.3, 0.4) is 0 Å². The van der Waals surface area contributed by atoms with Crippen molar-refractivity contribution in [3.63, 3.8) is 0 Å². The third kappa shape index (κ3) is 44.3. The van der Waals surface area contributed by atoms with E-state index in [4.69, 9.17) is 19.2 Å². The zero-order valence-corrected chi connectivity index (χ0v) is 10.7. The van der Waals surface area contributed by atoms with E-state index in [1.807, 2.05) is 21.6 Å². The van der Waals surface area contributed by atoms with Crippen LogP contribution in [0.15, 0.2) is 0 Å². The van der Waals surface area contributed by atoms with Crippen LogP contribution in [0.25, 0.3) is 0 Å². The van der Waals surface area contributed by atoms with Gasteiger partial charge >= 0.3 is 7.82 Å². The van der Waals surface area contributed by atoms with E-state index in [-0.39, 0.29) is 0 Å². The van der Waals surface area contributed by atoms with Crippen LogP contribution in [0.4, 0.5) is 0 Å². The van der Waals surface area contributed by atoms with Crippen molar-refractivity contribution < 1.29 is 19.2 Å². The fourth-order valence-corrected chi connectivity index (χ4v) is 2.00. The molecule has 0 aromatic heterocycles. The Hall–Kier alpha value is 0.810. The van der Waals surface area contributed by atoms with Crippen molar-refractivity contribution in [2.75, 3.05) is 0 Å². The van der Waals surface area contributed by atoms with Crippen molar-refractivity contribution >= 4 is 29.4 Å². The molecule has 0 aliphatic rings. The largest absolute Gasteiger partial charge is 0.466 e. The van der Waals surface area contributed by atoms with Crippen LogP contribution in [0.2, 0.25) is 0 Å². The van der Waals surface area contributed by atoms with Gasteiger partial charge in [-0.3, -0.25) is 0 Å². The molecule has 3 N–H and O–H groups in total. The van der Waals surface area contributed by atoms with Crippen LogP contribution in [0.1, 0.15) is 27.7 Å². The van der Waals surface area contributed by atoms with Gasteiger partial charge in [-0.05, 0) is 0 Å². The monoisotopic (exact) mass is 248 g/mol. The lowest BCUT2D eigenvalue weighted by molar-refractivity contribution is 0.275. The second-order valence-electron chi connectivity index (χ2n) is 2.80. The fourth-order valence-electron chi connectivity index (χ4n) is 0.222. The highest BCUT2D eigenvalue weighted by Gasteiger charge is 2.00. The summed E-state index contributed by atoms with van der Waals surface area (Å²) in [5, 5.41) is 1.53. The molecule has 0 fully saturated rings. The van der Waals surface area contributed by atoms with E-state index in [1.165, 1.54) is 0 Å². The molecule has 0 saturated heterocycles. The van der Waals surface area contributed by atoms with Gasteiger partial charge in [-0.15, -0.1) is 0 Å². The summed E-state index contributed by atoms with van der Waals surface area (Å²) in [4.78, 5) is 21.6. The summed E-state index contributed by atoms with van der Waals surface area (Å²) < 4.78 is 8.88. The molecule has 0 spiro atoms. The van der Waals surface area contributed by atoms with Crippen molar-refractivity contribution in [2.45, 2.75) is 38.2 Å². The molecule has 0 aliphatic carbocycles. The van der Waals surface area contributed by atoms with Crippen molar-refractivity contribution in [1.82, 2.24) is 0 Å². The van der Waals surface area contributed by atoms with E-state index >= 15 is 0 Å². The van der Waals surface area contributed by atoms with Crippen molar-refractivity contribution in [3.8, 4) is 0 Å². The number of rotatable bonds is 3. The van der Waals surface area contributed by atoms with Gasteiger partial charge in [-0.1, -0.05) is 49.3 Å². The molecule has 7 heteroatoms. The topological polar surface area (TPSA) is 77.8 Å². The third-order valence-electron chi connectivity index (χ3n) is 0.440. The first-order valence-corrected chi connectivity index (χ1v) is 7.57. The Bertz CT molecular complexity index is 140. The maximum Gasteiger partial charge on any atom is 0.466 e. The van der Waals surface area contributed by atoms with Crippen molar-refractivity contribution in [1.29, 1.82) is 0 Å². The molecule has 0 aromatic rings. The quantitative estimate of drug-likeness (QED) is 0.525. The highest BCUT2D eigenvalue weighted by Crippen LogP contribution is 2.29. The van der Waals surface area contributed by atoms with Gasteiger partial charge in [0.15, 0.2) is 0 Å². The highest BCUT2D eigenvalue weighted by atomic mass is 33.1. The Morgan fingerprint density at radius 2 is 1.08 bits per heavy atom. The molecule has 82 valence electrons. The van der Waals surface area contributed by atoms with Gasteiger partial charge in [0.05, 0.1) is 0 Å². The minimum Gasteiger partial charge on any atom is -0.303 e. The second-order valence-corrected chi connectivity index (χ2v) is 7.26. The zero-order chi connectivity index (χ0) is 11.1. The molecule has 0 radical (unpaired) electrons. The molecule has 0 rings (SSSR count). The molecule has 0 saturated carbocycles. The van der Waals surface area contributed by atoms with Crippen molar-refractivity contribution in [3.05, 3.63) is 0 Å². The molecular weight excluding hydrogens is 231 g/mol. The van der Waals surface area contributed by atoms with E-state index in [9.17, 15) is 0 Å². The molecule has 0 aromatic carbocycles. The molecular formula is C6H17O4PS2. The van der Waals surface area contributed by atoms with E-state index in [1.54, 1.807) is 0 Å². The SMILES string of the molecule is CC(C)SSC(C)C.O=P(O)(O)O. The lowest BCUT2D eigenvalue weighted by atomic mass is 10.6. The predicted molar refractivity (Wildman–Crippen MR) is 59.7 cm³/mol. The molecule has 0 unspecified atom stereocenters. The van der Waals surface area contributed by atoms with Crippen LogP contribution in [-0.4, -0.2) is 25.2 Å². The number of phosphoric acid groups is 1. The molecule has 0 heterocycles. The second kappa shape index (κ2) is 8.15. The first-order valence-electron chi connectivity index (χ1n) is 3.73. The van der Waals surface area contributed by atoms with E-state index in [0.29, 0.717) is 0 Å². The summed E-state index contributed by atoms with van der Waals surface area (Å²) >= 11 is 0. The first kappa shape index (κ1) is 16.2. The highest BCUT2D eigenvalue weighted by molar-refractivity contribution is 8.77. The number of hydrogen-bond donors (Lipinski definition) is 3. The van der Waals surface area contributed by atoms with Gasteiger partial charge in [-0.2, -0.15) is 0 Å². The van der Waals surface area contributed by atoms with Crippen LogP contribution in [0.5, 0.6) is 0 Å². The van der Waals surface area contributed by atoms with Crippen LogP contribution in [0, 0.1) is 0 Å². The van der Waals surface area contributed by atoms with E-state index in [2.05, 4.69) is 27.7 Å². The Morgan fingerprint density at radius 3 is 1.15 bits per heavy atom. The summed E-state index contributed by atoms with van der Waals surface area (Å²) in [6, 6.07) is 0. The summed E-state index contributed by atoms with van der Waals surface area (Å²) in [6.45, 7) is 8.89. The molecule has 0 atom stereocenters. The Labute approximate surface area is 87.1 Å². The third-order valence-corrected chi connectivity index (χ3v) is 3.96. The molecule has 0 bridgehead atoms. The lowest BCUT2D eigenvalue weighted by Gasteiger charge is -2.04. The normalized spacial score (nSPS) is 11.5. The summed E-state index contributed by atoms with van der Waals surface area (Å²) in [5.41, 5.74) is 0. The minimum atomic E-state index is -4.64. The maximum atomic E-state index is 8.88. The van der Waals surface area contributed by atoms with Gasteiger partial charge < -0.3 is 14.7 Å². The van der Waals surface area contributed by atoms with Crippen LogP contribution in [-0.2, 0) is 4.57 Å². The fraction of sp³-hybridized carbons (Fsp3) is 1.00. The Kier molecular flexibility index (Phi) is 10.2. The first-order chi connectivity index (χ1) is 5.63. The van der Waals surface area contributed by atoms with Gasteiger partial charge in [0.1, 0.15) is 0 Å². The van der Waals surface area contributed by atoms with Gasteiger partial charge in [0.2, 0.25) is 0 Å². The molecule has 0 amide bonds. The molecule has 13 heavy (non-hydrogen) atoms. The van der Waals surface area contributed by atoms with Gasteiger partial charge in [-0.25, -0.2) is 4.57 Å². The number of hydrogen-bond acceptors (Lipinski definition) is 3. The molecule has 0 aliphatic heterocycles. The Morgan fingerprint density at radius 1 is 0.923 bits per heavy atom. The van der Waals surface area contributed by atoms with Crippen LogP contribution < -0.4 is 0 Å². The summed E-state index contributed by atoms with van der Waals surface area (Å²) in [5.74, 6) is 0. The summed E-state index contributed by atoms with van der Waals surface area (Å²) in [6.07, 6.45) is 0. The Balaban J connectivity index is 0. The standard InChI is InChI=1S/C6H14S2.H3O4P/c1-5(2)7-8-6(3)4;1-5(2,3)4/h5-6H,1-4H3;(H3,1,2,3,4).